The average molecular weight is 911 g/mol. The molecule has 4 nitrogen and oxygen atoms in total. The van der Waals surface area contributed by atoms with Gasteiger partial charge in [0.2, 0.25) is 0 Å². The normalized spacial score (nSPS) is 12.0. The Balaban J connectivity index is 0.858. The number of furan rings is 2. The summed E-state index contributed by atoms with van der Waals surface area (Å²) in [6, 6.07) is 82.4. The molecule has 0 fully saturated rings. The molecular formula is C65H38N2O2S. The van der Waals surface area contributed by atoms with E-state index in [-0.39, 0.29) is 0 Å². The zero-order valence-corrected chi connectivity index (χ0v) is 38.4. The minimum absolute atomic E-state index is 0.854. The summed E-state index contributed by atoms with van der Waals surface area (Å²) in [5.41, 5.74) is 17.8. The van der Waals surface area contributed by atoms with Gasteiger partial charge in [0.05, 0.1) is 22.4 Å². The van der Waals surface area contributed by atoms with E-state index in [2.05, 4.69) is 223 Å². The zero-order chi connectivity index (χ0) is 45.9. The van der Waals surface area contributed by atoms with Crippen molar-refractivity contribution >= 4 is 97.2 Å². The predicted octanol–water partition coefficient (Wildman–Crippen LogP) is 18.7. The van der Waals surface area contributed by atoms with Crippen LogP contribution in [-0.2, 0) is 0 Å². The van der Waals surface area contributed by atoms with Gasteiger partial charge < -0.3 is 13.4 Å². The van der Waals surface area contributed by atoms with Gasteiger partial charge in [-0.15, -0.1) is 11.3 Å². The van der Waals surface area contributed by atoms with Gasteiger partial charge in [-0.1, -0.05) is 152 Å². The molecule has 5 aromatic heterocycles. The van der Waals surface area contributed by atoms with Crippen LogP contribution < -0.4 is 0 Å². The van der Waals surface area contributed by atoms with Crippen molar-refractivity contribution in [1.29, 1.82) is 0 Å². The first-order valence-corrected chi connectivity index (χ1v) is 24.5. The number of hydrogen-bond donors (Lipinski definition) is 0. The summed E-state index contributed by atoms with van der Waals surface area (Å²) in [5, 5.41) is 9.30. The fourth-order valence-corrected chi connectivity index (χ4v) is 12.2. The van der Waals surface area contributed by atoms with Crippen LogP contribution >= 0.6 is 11.3 Å². The van der Waals surface area contributed by atoms with E-state index in [0.717, 1.165) is 99.9 Å². The smallest absolute Gasteiger partial charge is 0.143 e. The first kappa shape index (κ1) is 39.0. The molecule has 10 aromatic carbocycles. The minimum Gasteiger partial charge on any atom is -0.456 e. The highest BCUT2D eigenvalue weighted by Crippen LogP contribution is 2.47. The van der Waals surface area contributed by atoms with Crippen LogP contribution in [0.3, 0.4) is 0 Å². The topological polar surface area (TPSA) is 44.1 Å². The number of pyridine rings is 1. The summed E-state index contributed by atoms with van der Waals surface area (Å²) in [4.78, 5) is 5.46. The second kappa shape index (κ2) is 15.2. The molecule has 0 bridgehead atoms. The first-order valence-electron chi connectivity index (χ1n) is 23.7. The molecule has 0 N–H and O–H groups in total. The van der Waals surface area contributed by atoms with E-state index in [0.29, 0.717) is 0 Å². The van der Waals surface area contributed by atoms with E-state index in [9.17, 15) is 0 Å². The Morgan fingerprint density at radius 2 is 0.986 bits per heavy atom. The van der Waals surface area contributed by atoms with Crippen LogP contribution in [0.5, 0.6) is 0 Å². The highest BCUT2D eigenvalue weighted by molar-refractivity contribution is 7.26. The van der Waals surface area contributed by atoms with Gasteiger partial charge in [0.15, 0.2) is 0 Å². The molecule has 0 radical (unpaired) electrons. The molecule has 0 spiro atoms. The third-order valence-electron chi connectivity index (χ3n) is 14.2. The van der Waals surface area contributed by atoms with E-state index in [4.69, 9.17) is 13.8 Å². The molecule has 0 atom stereocenters. The molecule has 0 aliphatic carbocycles. The Hall–Kier alpha value is -9.03. The number of aromatic nitrogens is 2. The largest absolute Gasteiger partial charge is 0.456 e. The molecule has 5 heteroatoms. The quantitative estimate of drug-likeness (QED) is 0.167. The van der Waals surface area contributed by atoms with Crippen molar-refractivity contribution in [3.8, 4) is 61.6 Å². The number of hydrogen-bond acceptors (Lipinski definition) is 4. The maximum Gasteiger partial charge on any atom is 0.143 e. The summed E-state index contributed by atoms with van der Waals surface area (Å²) in [6.07, 6.45) is 0. The van der Waals surface area contributed by atoms with E-state index < -0.39 is 0 Å². The number of nitrogens with zero attached hydrogens (tertiary/aromatic N) is 2. The van der Waals surface area contributed by atoms with Gasteiger partial charge in [0.1, 0.15) is 22.3 Å². The van der Waals surface area contributed by atoms with Crippen LogP contribution in [0.1, 0.15) is 0 Å². The third kappa shape index (κ3) is 5.98. The molecule has 0 saturated carbocycles. The molecule has 0 aliphatic rings. The molecule has 0 amide bonds. The predicted molar refractivity (Wildman–Crippen MR) is 293 cm³/mol. The van der Waals surface area contributed by atoms with E-state index in [1.165, 1.54) is 47.5 Å². The van der Waals surface area contributed by atoms with Crippen molar-refractivity contribution < 1.29 is 8.83 Å². The van der Waals surface area contributed by atoms with Crippen LogP contribution in [-0.4, -0.2) is 9.55 Å². The molecule has 0 unspecified atom stereocenters. The summed E-state index contributed by atoms with van der Waals surface area (Å²) >= 11 is 1.83. The van der Waals surface area contributed by atoms with Gasteiger partial charge in [0.25, 0.3) is 0 Å². The zero-order valence-electron chi connectivity index (χ0n) is 37.6. The molecule has 70 heavy (non-hydrogen) atoms. The monoisotopic (exact) mass is 910 g/mol. The van der Waals surface area contributed by atoms with E-state index in [1.807, 2.05) is 23.5 Å². The fraction of sp³-hybridized carbons (Fsp3) is 0. The molecule has 15 aromatic rings. The van der Waals surface area contributed by atoms with Crippen molar-refractivity contribution in [1.82, 2.24) is 9.55 Å². The minimum atomic E-state index is 0.854. The van der Waals surface area contributed by atoms with Gasteiger partial charge in [-0.25, -0.2) is 4.98 Å². The highest BCUT2D eigenvalue weighted by atomic mass is 32.1. The summed E-state index contributed by atoms with van der Waals surface area (Å²) in [6.45, 7) is 0. The Kier molecular flexibility index (Phi) is 8.49. The molecule has 0 aliphatic heterocycles. The van der Waals surface area contributed by atoms with Crippen LogP contribution in [0, 0.1) is 0 Å². The molecule has 326 valence electrons. The lowest BCUT2D eigenvalue weighted by Crippen LogP contribution is -1.92. The molecule has 15 rings (SSSR count). The average Bonchev–Trinajstić information content (AvgIpc) is 4.20. The lowest BCUT2D eigenvalue weighted by atomic mass is 9.96. The van der Waals surface area contributed by atoms with Crippen LogP contribution in [0.25, 0.3) is 147 Å². The molecular weight excluding hydrogens is 873 g/mol. The summed E-state index contributed by atoms with van der Waals surface area (Å²) < 4.78 is 18.0. The number of para-hydroxylation sites is 4. The molecule has 5 heterocycles. The maximum absolute atomic E-state index is 6.86. The van der Waals surface area contributed by atoms with Gasteiger partial charge in [-0.3, -0.25) is 0 Å². The number of rotatable bonds is 6. The first-order chi connectivity index (χ1) is 34.7. The number of benzene rings is 10. The Labute approximate surface area is 405 Å². The van der Waals surface area contributed by atoms with Crippen molar-refractivity contribution in [3.63, 3.8) is 0 Å². The van der Waals surface area contributed by atoms with Crippen LogP contribution in [0.2, 0.25) is 0 Å². The molecule has 0 saturated heterocycles. The Bertz CT molecular complexity index is 4590. The summed E-state index contributed by atoms with van der Waals surface area (Å²) in [5.74, 6) is 0. The van der Waals surface area contributed by atoms with Crippen LogP contribution in [0.15, 0.2) is 239 Å². The second-order valence-electron chi connectivity index (χ2n) is 18.2. The van der Waals surface area contributed by atoms with Gasteiger partial charge in [-0.2, -0.15) is 0 Å². The van der Waals surface area contributed by atoms with Crippen molar-refractivity contribution in [2.24, 2.45) is 0 Å². The Morgan fingerprint density at radius 3 is 1.87 bits per heavy atom. The highest BCUT2D eigenvalue weighted by Gasteiger charge is 2.21. The standard InChI is InChI=1S/C65H38N2O2S/c1-3-14-39(15-4-1)43-36-55(42-28-31-47-46-19-8-10-26-59(46)68-61(47)38-42)66-56(37-43)51-23-13-27-62-63(51)52-24-12-22-50(65(52)70-62)48-20-11-21-49-54-35-41(30-33-60(54)69-64(48)49)40-29-32-58-53(34-40)45-18-7-9-25-57(45)67(58)44-16-5-2-6-17-44/h1-38H. The fourth-order valence-electron chi connectivity index (χ4n) is 11.0. The van der Waals surface area contributed by atoms with Crippen molar-refractivity contribution in [3.05, 3.63) is 231 Å². The summed E-state index contributed by atoms with van der Waals surface area (Å²) in [7, 11) is 0. The van der Waals surface area contributed by atoms with E-state index >= 15 is 0 Å². The number of fused-ring (bicyclic) bond motifs is 12. The second-order valence-corrected chi connectivity index (χ2v) is 19.2. The van der Waals surface area contributed by atoms with Crippen LogP contribution in [0.4, 0.5) is 0 Å². The lowest BCUT2D eigenvalue weighted by Gasteiger charge is -2.12. The third-order valence-corrected chi connectivity index (χ3v) is 15.4. The SMILES string of the molecule is c1ccc(-c2cc(-c3ccc4c(c3)oc3ccccc34)nc(-c3cccc4sc5c(-c6cccc7c6oc6ccc(-c8ccc9c(c8)c8ccccc8n9-c8ccccc8)cc67)cccc5c34)c2)cc1. The maximum atomic E-state index is 6.86. The van der Waals surface area contributed by atoms with Gasteiger partial charge in [-0.05, 0) is 101 Å². The van der Waals surface area contributed by atoms with Crippen molar-refractivity contribution in [2.75, 3.05) is 0 Å². The van der Waals surface area contributed by atoms with Crippen molar-refractivity contribution in [2.45, 2.75) is 0 Å². The number of thiophene rings is 1. The van der Waals surface area contributed by atoms with Gasteiger partial charge >= 0.3 is 0 Å². The lowest BCUT2D eigenvalue weighted by molar-refractivity contribution is 0.669. The van der Waals surface area contributed by atoms with Gasteiger partial charge in [0, 0.05) is 80.4 Å². The Morgan fingerprint density at radius 1 is 0.343 bits per heavy atom. The van der Waals surface area contributed by atoms with E-state index in [1.54, 1.807) is 0 Å².